The summed E-state index contributed by atoms with van der Waals surface area (Å²) in [5.41, 5.74) is 1.63. The smallest absolute Gasteiger partial charge is 0.340 e. The number of hydrogen-bond acceptors (Lipinski definition) is 3. The van der Waals surface area contributed by atoms with Crippen molar-refractivity contribution in [3.63, 3.8) is 0 Å². The lowest BCUT2D eigenvalue weighted by molar-refractivity contribution is 0.0243. The van der Waals surface area contributed by atoms with E-state index in [2.05, 4.69) is 16.9 Å². The van der Waals surface area contributed by atoms with Gasteiger partial charge in [-0.15, -0.1) is 12.4 Å². The number of fused-ring (bicyclic) bond motifs is 5. The number of nitrogens with zero attached hydrogens (tertiary/aromatic N) is 1. The minimum absolute atomic E-state index is 0. The molecule has 3 atom stereocenters. The largest absolute Gasteiger partial charge is 0.459 e. The molecule has 4 nitrogen and oxygen atoms in total. The van der Waals surface area contributed by atoms with Gasteiger partial charge in [-0.25, -0.2) is 4.79 Å². The van der Waals surface area contributed by atoms with Gasteiger partial charge in [0.2, 0.25) is 0 Å². The van der Waals surface area contributed by atoms with E-state index in [0.29, 0.717) is 17.5 Å². The second kappa shape index (κ2) is 6.54. The summed E-state index contributed by atoms with van der Waals surface area (Å²) in [5, 5.41) is 0.946. The summed E-state index contributed by atoms with van der Waals surface area (Å²) in [6.07, 6.45) is 6.32. The number of hydrogen-bond donors (Lipinski definition) is 1. The van der Waals surface area contributed by atoms with Crippen molar-refractivity contribution in [2.45, 2.75) is 37.8 Å². The van der Waals surface area contributed by atoms with Gasteiger partial charge in [0, 0.05) is 29.7 Å². The number of piperidine rings is 1. The first-order chi connectivity index (χ1) is 10.7. The fourth-order valence-corrected chi connectivity index (χ4v) is 4.11. The van der Waals surface area contributed by atoms with Gasteiger partial charge in [0.15, 0.2) is 0 Å². The average molecular weight is 335 g/mol. The van der Waals surface area contributed by atoms with E-state index in [4.69, 9.17) is 4.74 Å². The van der Waals surface area contributed by atoms with Crippen LogP contribution in [0.1, 0.15) is 36.0 Å². The lowest BCUT2D eigenvalue weighted by Crippen LogP contribution is -2.38. The second-order valence-electron chi connectivity index (χ2n) is 6.78. The highest BCUT2D eigenvalue weighted by Gasteiger charge is 2.35. The molecule has 2 aliphatic heterocycles. The second-order valence-corrected chi connectivity index (χ2v) is 6.78. The number of carbonyl (C=O) groups is 1. The molecule has 0 spiro atoms. The van der Waals surface area contributed by atoms with Crippen molar-refractivity contribution in [3.8, 4) is 0 Å². The molecule has 124 valence electrons. The van der Waals surface area contributed by atoms with Gasteiger partial charge in [0.25, 0.3) is 0 Å². The maximum Gasteiger partial charge on any atom is 0.340 e. The van der Waals surface area contributed by atoms with Crippen LogP contribution >= 0.6 is 12.4 Å². The van der Waals surface area contributed by atoms with Crippen LogP contribution < -0.4 is 0 Å². The van der Waals surface area contributed by atoms with Crippen LogP contribution in [0, 0.1) is 5.92 Å². The highest BCUT2D eigenvalue weighted by atomic mass is 35.5. The molecule has 3 fully saturated rings. The fourth-order valence-electron chi connectivity index (χ4n) is 4.11. The number of nitrogens with one attached hydrogen (secondary N) is 1. The van der Waals surface area contributed by atoms with Crippen LogP contribution in [0.3, 0.4) is 0 Å². The molecule has 5 heteroatoms. The van der Waals surface area contributed by atoms with Gasteiger partial charge in [0.1, 0.15) is 6.10 Å². The highest BCUT2D eigenvalue weighted by Crippen LogP contribution is 2.34. The molecule has 0 radical (unpaired) electrons. The summed E-state index contributed by atoms with van der Waals surface area (Å²) in [6.45, 7) is 1.14. The van der Waals surface area contributed by atoms with Gasteiger partial charge in [-0.05, 0) is 44.7 Å². The van der Waals surface area contributed by atoms with Crippen LogP contribution in [0.4, 0.5) is 0 Å². The van der Waals surface area contributed by atoms with E-state index in [1.807, 2.05) is 24.3 Å². The predicted molar refractivity (Wildman–Crippen MR) is 93.1 cm³/mol. The molecule has 3 heterocycles. The molecule has 2 aromatic rings. The molecule has 1 saturated carbocycles. The van der Waals surface area contributed by atoms with Crippen LogP contribution in [0.25, 0.3) is 10.9 Å². The summed E-state index contributed by atoms with van der Waals surface area (Å²) in [7, 11) is 2.20. The fraction of sp³-hybridized carbons (Fsp3) is 0.500. The van der Waals surface area contributed by atoms with Gasteiger partial charge in [-0.3, -0.25) is 0 Å². The lowest BCUT2D eigenvalue weighted by Gasteiger charge is -2.33. The van der Waals surface area contributed by atoms with E-state index < -0.39 is 0 Å². The number of H-pyrrole nitrogens is 1. The third-order valence-electron chi connectivity index (χ3n) is 5.29. The zero-order chi connectivity index (χ0) is 15.1. The van der Waals surface area contributed by atoms with Crippen molar-refractivity contribution in [2.75, 3.05) is 13.6 Å². The van der Waals surface area contributed by atoms with Crippen molar-refractivity contribution in [1.82, 2.24) is 9.88 Å². The summed E-state index contributed by atoms with van der Waals surface area (Å²) in [5.74, 6) is 0.482. The first-order valence-electron chi connectivity index (χ1n) is 8.18. The molecule has 0 amide bonds. The summed E-state index contributed by atoms with van der Waals surface area (Å²) >= 11 is 0. The van der Waals surface area contributed by atoms with E-state index >= 15 is 0 Å². The molecular formula is C18H23ClN2O2. The van der Waals surface area contributed by atoms with Crippen molar-refractivity contribution in [3.05, 3.63) is 36.0 Å². The van der Waals surface area contributed by atoms with Gasteiger partial charge >= 0.3 is 5.97 Å². The van der Waals surface area contributed by atoms with Crippen LogP contribution in [-0.4, -0.2) is 41.6 Å². The standard InChI is InChI=1S/C18H22N2O2.ClH/c1-20-11-12-6-7-13(20)9-14(8-12)22-18(21)16-10-19-17-5-3-2-4-15(16)17;/h2-5,10,12-14,19H,6-9,11H2,1H3;1H. The molecule has 2 bridgehead atoms. The Morgan fingerprint density at radius 3 is 2.91 bits per heavy atom. The Morgan fingerprint density at radius 1 is 1.26 bits per heavy atom. The Kier molecular flexibility index (Phi) is 4.64. The van der Waals surface area contributed by atoms with Gasteiger partial charge in [-0.2, -0.15) is 0 Å². The molecule has 5 rings (SSSR count). The molecule has 3 unspecified atom stereocenters. The van der Waals surface area contributed by atoms with Crippen LogP contribution in [0.15, 0.2) is 30.5 Å². The molecule has 3 aliphatic rings. The normalized spacial score (nSPS) is 27.4. The number of aromatic nitrogens is 1. The Bertz CT molecular complexity index is 699. The third kappa shape index (κ3) is 3.10. The lowest BCUT2D eigenvalue weighted by atomic mass is 9.95. The van der Waals surface area contributed by atoms with Gasteiger partial charge in [0.05, 0.1) is 5.56 Å². The van der Waals surface area contributed by atoms with Crippen molar-refractivity contribution in [2.24, 2.45) is 5.92 Å². The number of ether oxygens (including phenoxy) is 1. The van der Waals surface area contributed by atoms with Crippen LogP contribution in [0.2, 0.25) is 0 Å². The molecule has 23 heavy (non-hydrogen) atoms. The van der Waals surface area contributed by atoms with Crippen LogP contribution in [-0.2, 0) is 4.74 Å². The number of para-hydroxylation sites is 1. The molecule has 1 aliphatic carbocycles. The number of halogens is 1. The highest BCUT2D eigenvalue weighted by molar-refractivity contribution is 6.04. The SMILES string of the molecule is CN1CC2CCC1CC(OC(=O)c1c[nH]c3ccccc13)C2.Cl. The summed E-state index contributed by atoms with van der Waals surface area (Å²) in [4.78, 5) is 18.1. The average Bonchev–Trinajstić information content (AvgIpc) is 2.77. The monoisotopic (exact) mass is 334 g/mol. The number of benzene rings is 1. The topological polar surface area (TPSA) is 45.3 Å². The van der Waals surface area contributed by atoms with E-state index in [-0.39, 0.29) is 24.5 Å². The van der Waals surface area contributed by atoms with Gasteiger partial charge < -0.3 is 14.6 Å². The van der Waals surface area contributed by atoms with Crippen molar-refractivity contribution >= 4 is 29.3 Å². The van der Waals surface area contributed by atoms with Crippen molar-refractivity contribution < 1.29 is 9.53 Å². The molecular weight excluding hydrogens is 312 g/mol. The minimum Gasteiger partial charge on any atom is -0.459 e. The molecule has 2 saturated heterocycles. The first kappa shape index (κ1) is 16.3. The zero-order valence-corrected chi connectivity index (χ0v) is 14.1. The summed E-state index contributed by atoms with van der Waals surface area (Å²) < 4.78 is 5.87. The summed E-state index contributed by atoms with van der Waals surface area (Å²) in [6, 6.07) is 8.43. The zero-order valence-electron chi connectivity index (χ0n) is 13.3. The maximum absolute atomic E-state index is 12.6. The first-order valence-corrected chi connectivity index (χ1v) is 8.18. The molecule has 1 N–H and O–H groups in total. The number of aromatic amines is 1. The quantitative estimate of drug-likeness (QED) is 0.853. The third-order valence-corrected chi connectivity index (χ3v) is 5.29. The molecule has 1 aromatic carbocycles. The number of rotatable bonds is 2. The minimum atomic E-state index is -0.189. The Hall–Kier alpha value is -1.52. The van der Waals surface area contributed by atoms with E-state index in [9.17, 15) is 4.79 Å². The number of carbonyl (C=O) groups excluding carboxylic acids is 1. The Morgan fingerprint density at radius 2 is 2.09 bits per heavy atom. The van der Waals surface area contributed by atoms with E-state index in [0.717, 1.165) is 30.3 Å². The maximum atomic E-state index is 12.6. The van der Waals surface area contributed by atoms with E-state index in [1.165, 1.54) is 12.8 Å². The number of esters is 1. The Balaban J connectivity index is 0.00000156. The van der Waals surface area contributed by atoms with Crippen LogP contribution in [0.5, 0.6) is 0 Å². The predicted octanol–water partition coefficient (Wildman–Crippen LogP) is 3.62. The van der Waals surface area contributed by atoms with E-state index in [1.54, 1.807) is 6.20 Å². The molecule has 1 aromatic heterocycles. The van der Waals surface area contributed by atoms with Gasteiger partial charge in [-0.1, -0.05) is 18.2 Å². The van der Waals surface area contributed by atoms with Crippen molar-refractivity contribution in [1.29, 1.82) is 0 Å². The Labute approximate surface area is 142 Å².